The van der Waals surface area contributed by atoms with Crippen LogP contribution in [0.4, 0.5) is 16.0 Å². The lowest BCUT2D eigenvalue weighted by Crippen LogP contribution is -2.47. The van der Waals surface area contributed by atoms with Gasteiger partial charge < -0.3 is 14.5 Å². The molecule has 0 atom stereocenters. The molecule has 2 aromatic heterocycles. The number of rotatable bonds is 4. The second kappa shape index (κ2) is 8.35. The fourth-order valence-electron chi connectivity index (χ4n) is 3.57. The first kappa shape index (κ1) is 18.4. The Labute approximate surface area is 162 Å². The monoisotopic (exact) mass is 390 g/mol. The summed E-state index contributed by atoms with van der Waals surface area (Å²) < 4.78 is 19.4. The van der Waals surface area contributed by atoms with Crippen molar-refractivity contribution in [2.24, 2.45) is 0 Å². The van der Waals surface area contributed by atoms with Gasteiger partial charge in [0, 0.05) is 51.4 Å². The zero-order valence-electron chi connectivity index (χ0n) is 15.3. The van der Waals surface area contributed by atoms with Gasteiger partial charge in [-0.15, -0.1) is 0 Å². The maximum absolute atomic E-state index is 13.9. The van der Waals surface area contributed by atoms with Crippen molar-refractivity contribution in [1.82, 2.24) is 19.9 Å². The van der Waals surface area contributed by atoms with Crippen molar-refractivity contribution in [3.8, 4) is 0 Å². The summed E-state index contributed by atoms with van der Waals surface area (Å²) in [5, 5.41) is 0.804. The van der Waals surface area contributed by atoms with Crippen LogP contribution in [0.1, 0.15) is 24.5 Å². The van der Waals surface area contributed by atoms with Crippen LogP contribution in [-0.4, -0.2) is 65.6 Å². The SMILES string of the molecule is CSc1nc(C2CCOCC2)cc(N2CCN(c3ncncc3F)CC2)n1. The summed E-state index contributed by atoms with van der Waals surface area (Å²) in [7, 11) is 0. The van der Waals surface area contributed by atoms with Crippen LogP contribution in [0.25, 0.3) is 0 Å². The van der Waals surface area contributed by atoms with Crippen molar-refractivity contribution in [3.05, 3.63) is 30.1 Å². The Morgan fingerprint density at radius 1 is 1.11 bits per heavy atom. The average molecular weight is 390 g/mol. The van der Waals surface area contributed by atoms with Gasteiger partial charge in [-0.25, -0.2) is 24.3 Å². The van der Waals surface area contributed by atoms with Crippen LogP contribution >= 0.6 is 11.8 Å². The van der Waals surface area contributed by atoms with Gasteiger partial charge in [0.25, 0.3) is 0 Å². The molecule has 4 rings (SSSR count). The van der Waals surface area contributed by atoms with Crippen LogP contribution in [0.15, 0.2) is 23.7 Å². The van der Waals surface area contributed by atoms with Crippen LogP contribution < -0.4 is 9.80 Å². The molecule has 0 amide bonds. The minimum absolute atomic E-state index is 0.375. The second-order valence-electron chi connectivity index (χ2n) is 6.69. The molecule has 144 valence electrons. The molecule has 0 radical (unpaired) electrons. The van der Waals surface area contributed by atoms with Crippen LogP contribution in [-0.2, 0) is 4.74 Å². The van der Waals surface area contributed by atoms with E-state index in [4.69, 9.17) is 14.7 Å². The third kappa shape index (κ3) is 4.14. The number of anilines is 2. The molecular formula is C18H23FN6OS. The molecule has 2 aliphatic heterocycles. The molecule has 2 aliphatic rings. The van der Waals surface area contributed by atoms with Crippen molar-refractivity contribution < 1.29 is 9.13 Å². The summed E-state index contributed by atoms with van der Waals surface area (Å²) in [6, 6.07) is 2.12. The maximum Gasteiger partial charge on any atom is 0.189 e. The molecule has 0 aromatic carbocycles. The Bertz CT molecular complexity index is 780. The highest BCUT2D eigenvalue weighted by molar-refractivity contribution is 7.98. The summed E-state index contributed by atoms with van der Waals surface area (Å²) in [5.41, 5.74) is 1.11. The van der Waals surface area contributed by atoms with Crippen LogP contribution in [0.2, 0.25) is 0 Å². The Morgan fingerprint density at radius 3 is 2.56 bits per heavy atom. The fourth-order valence-corrected chi connectivity index (χ4v) is 3.95. The predicted octanol–water partition coefficient (Wildman–Crippen LogP) is 2.35. The normalized spacial score (nSPS) is 18.7. The van der Waals surface area contributed by atoms with Crippen LogP contribution in [0.3, 0.4) is 0 Å². The van der Waals surface area contributed by atoms with Gasteiger partial charge in [-0.2, -0.15) is 0 Å². The van der Waals surface area contributed by atoms with E-state index >= 15 is 0 Å². The van der Waals surface area contributed by atoms with Crippen molar-refractivity contribution in [2.45, 2.75) is 23.9 Å². The predicted molar refractivity (Wildman–Crippen MR) is 103 cm³/mol. The second-order valence-corrected chi connectivity index (χ2v) is 7.47. The molecule has 2 fully saturated rings. The Kier molecular flexibility index (Phi) is 5.68. The number of nitrogens with zero attached hydrogens (tertiary/aromatic N) is 6. The Morgan fingerprint density at radius 2 is 1.85 bits per heavy atom. The molecule has 2 saturated heterocycles. The number of ether oxygens (including phenoxy) is 1. The van der Waals surface area contributed by atoms with Crippen molar-refractivity contribution in [1.29, 1.82) is 0 Å². The number of aromatic nitrogens is 4. The first-order chi connectivity index (χ1) is 13.2. The molecule has 0 N–H and O–H groups in total. The molecule has 0 saturated carbocycles. The molecule has 2 aromatic rings. The zero-order chi connectivity index (χ0) is 18.6. The smallest absolute Gasteiger partial charge is 0.189 e. The summed E-state index contributed by atoms with van der Waals surface area (Å²) in [6.45, 7) is 4.50. The van der Waals surface area contributed by atoms with Gasteiger partial charge in [-0.3, -0.25) is 0 Å². The van der Waals surface area contributed by atoms with Gasteiger partial charge in [-0.05, 0) is 19.1 Å². The van der Waals surface area contributed by atoms with E-state index in [1.165, 1.54) is 12.5 Å². The molecule has 0 bridgehead atoms. The summed E-state index contributed by atoms with van der Waals surface area (Å²) >= 11 is 1.57. The van der Waals surface area contributed by atoms with E-state index in [9.17, 15) is 4.39 Å². The van der Waals surface area contributed by atoms with E-state index in [-0.39, 0.29) is 5.82 Å². The van der Waals surface area contributed by atoms with E-state index in [0.29, 0.717) is 24.8 Å². The van der Waals surface area contributed by atoms with Gasteiger partial charge in [-0.1, -0.05) is 11.8 Å². The van der Waals surface area contributed by atoms with E-state index in [1.807, 2.05) is 11.2 Å². The maximum atomic E-state index is 13.9. The summed E-state index contributed by atoms with van der Waals surface area (Å²) in [5.74, 6) is 1.39. The lowest BCUT2D eigenvalue weighted by Gasteiger charge is -2.36. The number of hydrogen-bond acceptors (Lipinski definition) is 8. The Hall–Kier alpha value is -2.00. The first-order valence-corrected chi connectivity index (χ1v) is 10.4. The van der Waals surface area contributed by atoms with E-state index in [2.05, 4.69) is 20.9 Å². The molecule has 0 spiro atoms. The molecule has 4 heterocycles. The van der Waals surface area contributed by atoms with E-state index < -0.39 is 0 Å². The van der Waals surface area contributed by atoms with Gasteiger partial charge in [0.15, 0.2) is 16.8 Å². The lowest BCUT2D eigenvalue weighted by molar-refractivity contribution is 0.0843. The lowest BCUT2D eigenvalue weighted by atomic mass is 9.96. The summed E-state index contributed by atoms with van der Waals surface area (Å²) in [6.07, 6.45) is 6.61. The Balaban J connectivity index is 1.49. The van der Waals surface area contributed by atoms with Gasteiger partial charge in [0.2, 0.25) is 0 Å². The van der Waals surface area contributed by atoms with Crippen LogP contribution in [0, 0.1) is 5.82 Å². The zero-order valence-corrected chi connectivity index (χ0v) is 16.2. The van der Waals surface area contributed by atoms with Gasteiger partial charge >= 0.3 is 0 Å². The molecular weight excluding hydrogens is 367 g/mol. The topological polar surface area (TPSA) is 67.3 Å². The van der Waals surface area contributed by atoms with Crippen molar-refractivity contribution in [2.75, 3.05) is 55.4 Å². The third-order valence-corrected chi connectivity index (χ3v) is 5.63. The van der Waals surface area contributed by atoms with E-state index in [1.54, 1.807) is 11.8 Å². The molecule has 27 heavy (non-hydrogen) atoms. The molecule has 0 unspecified atom stereocenters. The highest BCUT2D eigenvalue weighted by Gasteiger charge is 2.24. The first-order valence-electron chi connectivity index (χ1n) is 9.20. The standard InChI is InChI=1S/C18H23FN6OS/c1-27-18-22-15(13-2-8-26-9-3-13)10-16(23-18)24-4-6-25(7-5-24)17-14(19)11-20-12-21-17/h10-13H,2-9H2,1H3. The van der Waals surface area contributed by atoms with Gasteiger partial charge in [0.05, 0.1) is 11.9 Å². The fraction of sp³-hybridized carbons (Fsp3) is 0.556. The number of piperazine rings is 1. The van der Waals surface area contributed by atoms with Crippen LogP contribution in [0.5, 0.6) is 0 Å². The van der Waals surface area contributed by atoms with Crippen molar-refractivity contribution in [3.63, 3.8) is 0 Å². The number of thioether (sulfide) groups is 1. The highest BCUT2D eigenvalue weighted by atomic mass is 32.2. The van der Waals surface area contributed by atoms with E-state index in [0.717, 1.165) is 55.8 Å². The quantitative estimate of drug-likeness (QED) is 0.582. The number of hydrogen-bond donors (Lipinski definition) is 0. The van der Waals surface area contributed by atoms with Crippen molar-refractivity contribution >= 4 is 23.4 Å². The summed E-state index contributed by atoms with van der Waals surface area (Å²) in [4.78, 5) is 21.5. The molecule has 0 aliphatic carbocycles. The number of halogens is 1. The highest BCUT2D eigenvalue weighted by Crippen LogP contribution is 2.29. The largest absolute Gasteiger partial charge is 0.381 e. The average Bonchev–Trinajstić information content (AvgIpc) is 2.74. The van der Waals surface area contributed by atoms with Gasteiger partial charge in [0.1, 0.15) is 12.1 Å². The minimum atomic E-state index is -0.376. The third-order valence-electron chi connectivity index (χ3n) is 5.09. The molecule has 7 nitrogen and oxygen atoms in total. The minimum Gasteiger partial charge on any atom is -0.381 e. The molecule has 9 heteroatoms.